The Bertz CT molecular complexity index is 3050. The Labute approximate surface area is 335 Å². The maximum atomic E-state index is 17.1. The fourth-order valence-electron chi connectivity index (χ4n) is 8.17. The van der Waals surface area contributed by atoms with E-state index in [-0.39, 0.29) is 5.69 Å². The average molecular weight is 859 g/mol. The first-order valence-electron chi connectivity index (χ1n) is 18.0. The van der Waals surface area contributed by atoms with Gasteiger partial charge in [0.15, 0.2) is 46.5 Å². The molecule has 0 unspecified atom stereocenters. The van der Waals surface area contributed by atoms with E-state index in [2.05, 4.69) is 18.5 Å². The Morgan fingerprint density at radius 2 is 1.21 bits per heavy atom. The third kappa shape index (κ3) is 6.16. The van der Waals surface area contributed by atoms with E-state index in [0.717, 1.165) is 29.2 Å². The minimum absolute atomic E-state index is 0.00482. The van der Waals surface area contributed by atoms with Crippen LogP contribution >= 0.6 is 0 Å². The predicted octanol–water partition coefficient (Wildman–Crippen LogP) is 15.3. The normalized spacial score (nSPS) is 13.7. The Balaban J connectivity index is 1.48. The van der Waals surface area contributed by atoms with Gasteiger partial charge in [-0.2, -0.15) is 26.3 Å². The second kappa shape index (κ2) is 14.3. The van der Waals surface area contributed by atoms with Crippen molar-refractivity contribution < 1.29 is 61.5 Å². The first-order valence-corrected chi connectivity index (χ1v) is 18.0. The van der Waals surface area contributed by atoms with Crippen molar-refractivity contribution in [3.63, 3.8) is 0 Å². The lowest BCUT2D eigenvalue weighted by atomic mass is 9.88. The van der Waals surface area contributed by atoms with Crippen molar-refractivity contribution in [1.82, 2.24) is 0 Å². The van der Waals surface area contributed by atoms with Gasteiger partial charge in [0.2, 0.25) is 0 Å². The molecule has 0 saturated carbocycles. The van der Waals surface area contributed by atoms with E-state index < -0.39 is 138 Å². The number of nitrogens with one attached hydrogen (secondary N) is 1. The molecule has 7 aromatic rings. The van der Waals surface area contributed by atoms with Gasteiger partial charge in [0.05, 0.1) is 11.4 Å². The second-order valence-corrected chi connectivity index (χ2v) is 14.2. The Morgan fingerprint density at radius 3 is 1.82 bits per heavy atom. The van der Waals surface area contributed by atoms with Crippen LogP contribution in [0.1, 0.15) is 40.3 Å². The zero-order chi connectivity index (χ0) is 44.2. The summed E-state index contributed by atoms with van der Waals surface area (Å²) in [6.07, 6.45) is -11.7. The van der Waals surface area contributed by atoms with Gasteiger partial charge in [-0.1, -0.05) is 73.3 Å². The quantitative estimate of drug-likeness (QED) is 0.0776. The topological polar surface area (TPSA) is 15.3 Å². The lowest BCUT2D eigenvalue weighted by Gasteiger charge is -2.34. The van der Waals surface area contributed by atoms with Gasteiger partial charge in [0, 0.05) is 22.2 Å². The summed E-state index contributed by atoms with van der Waals surface area (Å²) in [5.41, 5.74) is -17.7. The summed E-state index contributed by atoms with van der Waals surface area (Å²) in [5.74, 6) is -19.9. The van der Waals surface area contributed by atoms with Gasteiger partial charge in [-0.15, -0.1) is 6.58 Å². The predicted molar refractivity (Wildman–Crippen MR) is 206 cm³/mol. The summed E-state index contributed by atoms with van der Waals surface area (Å²) in [5, 5.41) is 6.58. The molecule has 0 aromatic heterocycles. The second-order valence-electron chi connectivity index (χ2n) is 14.2. The van der Waals surface area contributed by atoms with Crippen LogP contribution in [0.4, 0.5) is 89.9 Å². The molecule has 1 N–H and O–H groups in total. The molecule has 0 atom stereocenters. The molecule has 1 heterocycles. The van der Waals surface area contributed by atoms with Crippen molar-refractivity contribution in [2.75, 3.05) is 10.2 Å². The summed E-state index contributed by atoms with van der Waals surface area (Å²) in [6, 6.07) is 15.4. The molecular weight excluding hydrogens is 834 g/mol. The molecule has 0 amide bonds. The Morgan fingerprint density at radius 1 is 0.656 bits per heavy atom. The van der Waals surface area contributed by atoms with Crippen LogP contribution in [-0.4, -0.2) is 0 Å². The monoisotopic (exact) mass is 858 g/mol. The van der Waals surface area contributed by atoms with Gasteiger partial charge in [0.1, 0.15) is 22.5 Å². The molecule has 0 fully saturated rings. The summed E-state index contributed by atoms with van der Waals surface area (Å²) in [7, 11) is 0. The molecule has 7 aromatic carbocycles. The molecule has 61 heavy (non-hydrogen) atoms. The number of allylic oxidation sites excluding steroid dienone is 3. The van der Waals surface area contributed by atoms with Gasteiger partial charge in [-0.05, 0) is 69.5 Å². The number of fused-ring (bicyclic) bond motifs is 2. The largest absolute Gasteiger partial charge is 0.419 e. The molecule has 0 aliphatic carbocycles. The van der Waals surface area contributed by atoms with Gasteiger partial charge in [-0.25, -0.2) is 35.1 Å². The SMILES string of the molecule is C=CCc1c(F)c(N2c3c(F)c(F)c(Nc4ccc5ccc6cccc7ccc4c5c67)c(F)c3/C=C/Cc3c(C(=C)C)c(C(F)(F)F)c(F)c(F)c32)c(F)c(F)c1C(F)(F)F. The van der Waals surface area contributed by atoms with Crippen molar-refractivity contribution in [3.8, 4) is 0 Å². The van der Waals surface area contributed by atoms with Crippen LogP contribution in [0.5, 0.6) is 0 Å². The van der Waals surface area contributed by atoms with Crippen molar-refractivity contribution in [1.29, 1.82) is 0 Å². The number of nitrogens with zero attached hydrogens (tertiary/aromatic N) is 1. The Kier molecular flexibility index (Phi) is 9.63. The smallest absolute Gasteiger partial charge is 0.350 e. The van der Waals surface area contributed by atoms with Gasteiger partial charge in [-0.3, -0.25) is 4.90 Å². The van der Waals surface area contributed by atoms with E-state index in [4.69, 9.17) is 0 Å². The van der Waals surface area contributed by atoms with Crippen LogP contribution in [0.15, 0.2) is 79.9 Å². The minimum atomic E-state index is -5.83. The number of hydrogen-bond acceptors (Lipinski definition) is 2. The summed E-state index contributed by atoms with van der Waals surface area (Å²) in [6.45, 7) is 7.42. The van der Waals surface area contributed by atoms with Crippen LogP contribution in [0.3, 0.4) is 0 Å². The molecule has 16 heteroatoms. The van der Waals surface area contributed by atoms with E-state index in [1.165, 1.54) is 6.07 Å². The highest BCUT2D eigenvalue weighted by Gasteiger charge is 2.47. The highest BCUT2D eigenvalue weighted by atomic mass is 19.4. The number of rotatable bonds is 6. The zero-order valence-electron chi connectivity index (χ0n) is 31.0. The maximum Gasteiger partial charge on any atom is 0.419 e. The molecule has 2 nitrogen and oxygen atoms in total. The molecule has 0 spiro atoms. The average Bonchev–Trinajstić information content (AvgIpc) is 3.18. The standard InChI is InChI=1S/C45H24F14N2/c1-4-7-24-30(44(54,55)56)34(48)38(52)43(33(24)47)61-41-23(27(18(2)3)31(45(57,58)59)35(49)37(41)51)10-6-11-25-32(46)40(36(50)39(53)42(25)61)60-26-17-15-21-13-12-19-8-5-9-20-14-16-22(26)29(21)28(19)20/h4-6,8-9,11-17,60H,1-2,7,10H2,3H3/b11-6+. The van der Waals surface area contributed by atoms with Crippen LogP contribution in [0.2, 0.25) is 0 Å². The zero-order valence-corrected chi connectivity index (χ0v) is 31.0. The third-order valence-electron chi connectivity index (χ3n) is 10.6. The minimum Gasteiger partial charge on any atom is -0.350 e. The molecule has 8 rings (SSSR count). The fraction of sp³-hybridized carbons (Fsp3) is 0.111. The van der Waals surface area contributed by atoms with Crippen molar-refractivity contribution >= 4 is 72.4 Å². The number of halogens is 14. The molecule has 0 saturated heterocycles. The lowest BCUT2D eigenvalue weighted by molar-refractivity contribution is -0.141. The molecule has 312 valence electrons. The number of anilines is 5. The molecular formula is C45H24F14N2. The van der Waals surface area contributed by atoms with Crippen LogP contribution in [0.25, 0.3) is 44.0 Å². The van der Waals surface area contributed by atoms with Crippen molar-refractivity contribution in [2.24, 2.45) is 0 Å². The van der Waals surface area contributed by atoms with Gasteiger partial charge >= 0.3 is 12.4 Å². The Hall–Kier alpha value is -6.58. The van der Waals surface area contributed by atoms with Gasteiger partial charge in [0.25, 0.3) is 0 Å². The summed E-state index contributed by atoms with van der Waals surface area (Å²) >= 11 is 0. The van der Waals surface area contributed by atoms with E-state index in [9.17, 15) is 26.3 Å². The highest BCUT2D eigenvalue weighted by Crippen LogP contribution is 2.54. The van der Waals surface area contributed by atoms with Crippen molar-refractivity contribution in [3.05, 3.63) is 160 Å². The first-order chi connectivity index (χ1) is 28.7. The summed E-state index contributed by atoms with van der Waals surface area (Å²) < 4.78 is 218. The van der Waals surface area contributed by atoms with E-state index in [0.29, 0.717) is 28.3 Å². The molecule has 0 radical (unpaired) electrons. The molecule has 1 aliphatic heterocycles. The van der Waals surface area contributed by atoms with Crippen LogP contribution < -0.4 is 10.2 Å². The highest BCUT2D eigenvalue weighted by molar-refractivity contribution is 6.25. The van der Waals surface area contributed by atoms with Crippen LogP contribution in [0, 0.1) is 46.5 Å². The number of alkyl halides is 6. The lowest BCUT2D eigenvalue weighted by Crippen LogP contribution is -2.27. The van der Waals surface area contributed by atoms with E-state index in [1.54, 1.807) is 24.3 Å². The maximum absolute atomic E-state index is 17.1. The molecule has 0 bridgehead atoms. The third-order valence-corrected chi connectivity index (χ3v) is 10.6. The molecule has 1 aliphatic rings. The number of hydrogen-bond donors (Lipinski definition) is 1. The number of benzene rings is 7. The first kappa shape index (κ1) is 41.2. The van der Waals surface area contributed by atoms with E-state index >= 15 is 35.1 Å². The van der Waals surface area contributed by atoms with E-state index in [1.807, 2.05) is 24.3 Å². The van der Waals surface area contributed by atoms with Crippen LogP contribution in [-0.2, 0) is 25.2 Å². The summed E-state index contributed by atoms with van der Waals surface area (Å²) in [4.78, 5) is -0.485. The van der Waals surface area contributed by atoms with Gasteiger partial charge < -0.3 is 5.32 Å². The fourth-order valence-corrected chi connectivity index (χ4v) is 8.17. The van der Waals surface area contributed by atoms with Crippen molar-refractivity contribution in [2.45, 2.75) is 32.1 Å².